The van der Waals surface area contributed by atoms with E-state index in [1.54, 1.807) is 0 Å². The smallest absolute Gasteiger partial charge is 0.316 e. The molecule has 1 atom stereocenters. The van der Waals surface area contributed by atoms with Crippen molar-refractivity contribution in [3.63, 3.8) is 0 Å². The highest BCUT2D eigenvalue weighted by Crippen LogP contribution is 1.50. The van der Waals surface area contributed by atoms with E-state index in [0.717, 1.165) is 0 Å². The summed E-state index contributed by atoms with van der Waals surface area (Å²) < 4.78 is 8.98. The molecule has 28 valence electrons. The summed E-state index contributed by atoms with van der Waals surface area (Å²) >= 11 is 0. The Morgan fingerprint density at radius 1 is 1.60 bits per heavy atom. The van der Waals surface area contributed by atoms with Gasteiger partial charge in [-0.05, 0) is 0 Å². The van der Waals surface area contributed by atoms with E-state index in [1.807, 2.05) is 0 Å². The third-order valence-corrected chi connectivity index (χ3v) is 0. The van der Waals surface area contributed by atoms with E-state index in [-0.39, 0.29) is 40.4 Å². The maximum absolute atomic E-state index is 8.98. The Morgan fingerprint density at radius 2 is 1.60 bits per heavy atom. The third kappa shape index (κ3) is 26.5. The van der Waals surface area contributed by atoms with E-state index in [0.29, 0.717) is 0 Å². The summed E-state index contributed by atoms with van der Waals surface area (Å²) in [6, 6.07) is 0. The van der Waals surface area contributed by atoms with Gasteiger partial charge in [-0.2, -0.15) is 0 Å². The largest absolute Gasteiger partial charge is 0.387 e. The first-order valence-electron chi connectivity index (χ1n) is 0.569. The normalized spacial score (nSPS) is 2.60. The average Bonchev–Trinajstić information content (AvgIpc) is 0.918. The van der Waals surface area contributed by atoms with Crippen LogP contribution >= 0.6 is 8.79 Å². The van der Waals surface area contributed by atoms with Crippen molar-refractivity contribution < 1.29 is 4.46 Å². The van der Waals surface area contributed by atoms with Gasteiger partial charge in [0.2, 0.25) is 0 Å². The van der Waals surface area contributed by atoms with Crippen molar-refractivity contribution in [1.82, 2.24) is 0 Å². The standard InChI is InChI=1S/Al.Mg.H3OPSi.5H/c;;1-3-2;;;;;/h;;3H,2H2;;;;;. The molecule has 0 heterocycles. The lowest BCUT2D eigenvalue weighted by Gasteiger charge is -1.21. The van der Waals surface area contributed by atoms with E-state index in [1.165, 1.54) is 0 Å². The zero-order valence-electron chi connectivity index (χ0n) is 1.56. The van der Waals surface area contributed by atoms with Gasteiger partial charge in [0.05, 0.1) is 0 Å². The zero-order chi connectivity index (χ0) is 2.71. The SMILES string of the molecule is O=[SiH]P.[AlH3].[MgH2]. The molecule has 1 unspecified atom stereocenters. The van der Waals surface area contributed by atoms with Crippen LogP contribution < -0.4 is 0 Å². The summed E-state index contributed by atoms with van der Waals surface area (Å²) in [6.45, 7) is 0. The molecule has 0 radical (unpaired) electrons. The molecule has 0 aromatic heterocycles. The molecule has 0 aliphatic heterocycles. The Kier molecular flexibility index (Phi) is 54.5. The zero-order valence-corrected chi connectivity index (χ0v) is 3.87. The molecule has 0 saturated heterocycles. The van der Waals surface area contributed by atoms with Crippen LogP contribution in [0.25, 0.3) is 0 Å². The van der Waals surface area contributed by atoms with Crippen LogP contribution in [0.2, 0.25) is 0 Å². The van der Waals surface area contributed by atoms with Gasteiger partial charge in [-0.25, -0.2) is 0 Å². The van der Waals surface area contributed by atoms with Gasteiger partial charge in [0.25, 0.3) is 9.07 Å². The molecule has 0 aromatic carbocycles. The van der Waals surface area contributed by atoms with Gasteiger partial charge in [0, 0.05) is 0 Å². The van der Waals surface area contributed by atoms with Crippen LogP contribution in [0, 0.1) is 0 Å². The Balaban J connectivity index is -0.0000000200. The summed E-state index contributed by atoms with van der Waals surface area (Å²) in [5.74, 6) is 0. The van der Waals surface area contributed by atoms with Crippen molar-refractivity contribution in [2.24, 2.45) is 0 Å². The first-order chi connectivity index (χ1) is 1.41. The van der Waals surface area contributed by atoms with Crippen molar-refractivity contribution >= 4 is 58.3 Å². The summed E-state index contributed by atoms with van der Waals surface area (Å²) in [5.41, 5.74) is 0. The summed E-state index contributed by atoms with van der Waals surface area (Å²) in [4.78, 5) is 0. The van der Waals surface area contributed by atoms with Crippen molar-refractivity contribution in [2.45, 2.75) is 0 Å². The minimum atomic E-state index is -0.583. The molecule has 5 heavy (non-hydrogen) atoms. The van der Waals surface area contributed by atoms with Crippen LogP contribution in [0.3, 0.4) is 0 Å². The van der Waals surface area contributed by atoms with E-state index >= 15 is 0 Å². The molecule has 0 fully saturated rings. The van der Waals surface area contributed by atoms with Crippen LogP contribution in [0.15, 0.2) is 0 Å². The lowest BCUT2D eigenvalue weighted by molar-refractivity contribution is 0.587. The fourth-order valence-electron chi connectivity index (χ4n) is 0. The van der Waals surface area contributed by atoms with Crippen molar-refractivity contribution in [3.05, 3.63) is 0 Å². The van der Waals surface area contributed by atoms with E-state index in [4.69, 9.17) is 4.46 Å². The van der Waals surface area contributed by atoms with E-state index in [9.17, 15) is 0 Å². The highest BCUT2D eigenvalue weighted by atomic mass is 31.3. The lowest BCUT2D eigenvalue weighted by atomic mass is 16.0. The highest BCUT2D eigenvalue weighted by Gasteiger charge is 1.30. The van der Waals surface area contributed by atoms with Gasteiger partial charge in [0.1, 0.15) is 0 Å². The molecule has 0 aliphatic rings. The summed E-state index contributed by atoms with van der Waals surface area (Å²) in [7, 11) is 1.52. The lowest BCUT2D eigenvalue weighted by Crippen LogP contribution is -1.28. The molecule has 0 rings (SSSR count). The Labute approximate surface area is 62.5 Å². The second kappa shape index (κ2) is 17.2. The van der Waals surface area contributed by atoms with Crippen molar-refractivity contribution in [3.8, 4) is 0 Å². The van der Waals surface area contributed by atoms with Crippen LogP contribution in [-0.2, 0) is 4.46 Å². The third-order valence-electron chi connectivity index (χ3n) is 0. The molecule has 0 spiro atoms. The second-order valence-electron chi connectivity index (χ2n) is 0.136. The summed E-state index contributed by atoms with van der Waals surface area (Å²) in [5, 5.41) is 0. The average molecular weight is 134 g/mol. The fraction of sp³-hybridized carbons (Fsp3) is 0. The van der Waals surface area contributed by atoms with Gasteiger partial charge in [-0.3, -0.25) is 0 Å². The van der Waals surface area contributed by atoms with Crippen LogP contribution in [0.1, 0.15) is 0 Å². The highest BCUT2D eigenvalue weighted by molar-refractivity contribution is 7.51. The predicted molar refractivity (Wildman–Crippen MR) is 36.0 cm³/mol. The summed E-state index contributed by atoms with van der Waals surface area (Å²) in [6.07, 6.45) is 0. The Hall–Kier alpha value is 1.75. The van der Waals surface area contributed by atoms with Gasteiger partial charge in [-0.1, -0.05) is 8.79 Å². The molecule has 0 bridgehead atoms. The first kappa shape index (κ1) is 15.9. The molecule has 0 aliphatic carbocycles. The van der Waals surface area contributed by atoms with Crippen LogP contribution in [0.5, 0.6) is 0 Å². The van der Waals surface area contributed by atoms with Gasteiger partial charge in [0.15, 0.2) is 17.4 Å². The van der Waals surface area contributed by atoms with Crippen LogP contribution in [0.4, 0.5) is 0 Å². The topological polar surface area (TPSA) is 17.1 Å². The maximum atomic E-state index is 8.98. The van der Waals surface area contributed by atoms with Gasteiger partial charge < -0.3 is 4.46 Å². The fourth-order valence-corrected chi connectivity index (χ4v) is 0. The quantitative estimate of drug-likeness (QED) is 0.264. The van der Waals surface area contributed by atoms with Gasteiger partial charge in [-0.15, -0.1) is 0 Å². The minimum Gasteiger partial charge on any atom is -0.387 e. The van der Waals surface area contributed by atoms with E-state index in [2.05, 4.69) is 8.79 Å². The molecule has 0 amide bonds. The molecule has 0 aromatic rings. The first-order valence-corrected chi connectivity index (χ1v) is 3.71. The molecular weight excluding hydrogens is 126 g/mol. The molecule has 0 saturated carbocycles. The number of hydrogen-bond donors (Lipinski definition) is 0. The maximum Gasteiger partial charge on any atom is 0.316 e. The monoisotopic (exact) mass is 134 g/mol. The second-order valence-corrected chi connectivity index (χ2v) is 1.22. The molecular formula is H8AlMgOPSi. The predicted octanol–water partition coefficient (Wildman–Crippen LogP) is -2.54. The van der Waals surface area contributed by atoms with E-state index < -0.39 is 9.07 Å². The minimum absolute atomic E-state index is 0. The van der Waals surface area contributed by atoms with Crippen molar-refractivity contribution in [1.29, 1.82) is 0 Å². The van der Waals surface area contributed by atoms with Crippen LogP contribution in [-0.4, -0.2) is 49.5 Å². The number of rotatable bonds is 0. The van der Waals surface area contributed by atoms with Crippen molar-refractivity contribution in [2.75, 3.05) is 0 Å². The number of hydrogen-bond acceptors (Lipinski definition) is 1. The molecule has 5 heteroatoms. The molecule has 1 nitrogen and oxygen atoms in total. The molecule has 0 N–H and O–H groups in total. The Morgan fingerprint density at radius 3 is 1.60 bits per heavy atom. The Bertz CT molecular complexity index is 19.1. The van der Waals surface area contributed by atoms with Gasteiger partial charge >= 0.3 is 23.1 Å².